The maximum absolute atomic E-state index is 13.7. The summed E-state index contributed by atoms with van der Waals surface area (Å²) in [7, 11) is 0. The average Bonchev–Trinajstić information content (AvgIpc) is 3.06. The van der Waals surface area contributed by atoms with E-state index in [1.807, 2.05) is 0 Å². The number of halogens is 1. The molecule has 0 saturated heterocycles. The van der Waals surface area contributed by atoms with Gasteiger partial charge in [-0.25, -0.2) is 9.18 Å². The third-order valence-corrected chi connectivity index (χ3v) is 8.48. The Morgan fingerprint density at radius 3 is 2.64 bits per heavy atom. The number of ether oxygens (including phenoxy) is 1. The van der Waals surface area contributed by atoms with Crippen molar-refractivity contribution in [2.24, 2.45) is 5.73 Å². The van der Waals surface area contributed by atoms with Crippen molar-refractivity contribution in [2.75, 3.05) is 11.5 Å². The lowest BCUT2D eigenvalue weighted by Crippen LogP contribution is -2.39. The SMILES string of the molecule is CCOC(=O)c1c(N2C(N)=C(C#N)[C@H](c3ccc(F)cc3)C3=C2CCCC3=O)sc2c1CCCCC2. The Kier molecular flexibility index (Phi) is 6.67. The second-order valence-electron chi connectivity index (χ2n) is 9.33. The van der Waals surface area contributed by atoms with Crippen LogP contribution in [-0.4, -0.2) is 18.4 Å². The highest BCUT2D eigenvalue weighted by Gasteiger charge is 2.42. The van der Waals surface area contributed by atoms with Crippen LogP contribution in [-0.2, 0) is 22.4 Å². The largest absolute Gasteiger partial charge is 0.462 e. The minimum absolute atomic E-state index is 0.0494. The molecule has 1 aromatic carbocycles. The zero-order chi connectivity index (χ0) is 25.4. The van der Waals surface area contributed by atoms with E-state index in [1.165, 1.54) is 23.5 Å². The molecule has 0 fully saturated rings. The third kappa shape index (κ3) is 4.01. The van der Waals surface area contributed by atoms with Gasteiger partial charge in [0.2, 0.25) is 0 Å². The summed E-state index contributed by atoms with van der Waals surface area (Å²) in [6.07, 6.45) is 6.40. The molecule has 6 nitrogen and oxygen atoms in total. The Morgan fingerprint density at radius 2 is 1.92 bits per heavy atom. The number of allylic oxidation sites excluding steroid dienone is 3. The molecule has 0 unspecified atom stereocenters. The molecule has 0 spiro atoms. The predicted octanol–water partition coefficient (Wildman–Crippen LogP) is 5.64. The van der Waals surface area contributed by atoms with Gasteiger partial charge in [-0.15, -0.1) is 11.3 Å². The number of Topliss-reactive ketones (excluding diaryl/α,β-unsaturated/α-hetero) is 1. The molecule has 2 aromatic rings. The molecule has 0 amide bonds. The summed E-state index contributed by atoms with van der Waals surface area (Å²) in [4.78, 5) is 29.6. The van der Waals surface area contributed by atoms with Gasteiger partial charge in [0.25, 0.3) is 0 Å². The van der Waals surface area contributed by atoms with Crippen LogP contribution < -0.4 is 10.6 Å². The fraction of sp³-hybridized carbons (Fsp3) is 0.393. The molecule has 2 N–H and O–H groups in total. The quantitative estimate of drug-likeness (QED) is 0.427. The standard InChI is InChI=1S/C28H28FN3O3S/c1-2-35-28(34)24-18-7-4-3-5-10-22(18)36-27(24)32-20-8-6-9-21(33)25(20)23(19(15-30)26(32)31)16-11-13-17(29)14-12-16/h11-14,23H,2-10,31H2,1H3/t23-/m0/s1. The number of fused-ring (bicyclic) bond motifs is 1. The summed E-state index contributed by atoms with van der Waals surface area (Å²) >= 11 is 1.51. The normalized spacial score (nSPS) is 20.0. The number of hydrogen-bond donors (Lipinski definition) is 1. The van der Waals surface area contributed by atoms with Gasteiger partial charge in [0.1, 0.15) is 16.6 Å². The van der Waals surface area contributed by atoms with Crippen molar-refractivity contribution in [3.05, 3.63) is 74.3 Å². The maximum Gasteiger partial charge on any atom is 0.341 e. The summed E-state index contributed by atoms with van der Waals surface area (Å²) in [5.41, 5.74) is 10.3. The number of rotatable bonds is 4. The lowest BCUT2D eigenvalue weighted by molar-refractivity contribution is -0.116. The molecule has 5 rings (SSSR count). The summed E-state index contributed by atoms with van der Waals surface area (Å²) in [5, 5.41) is 10.9. The Hall–Kier alpha value is -3.44. The van der Waals surface area contributed by atoms with Gasteiger partial charge in [-0.1, -0.05) is 18.6 Å². The van der Waals surface area contributed by atoms with E-state index in [4.69, 9.17) is 10.5 Å². The summed E-state index contributed by atoms with van der Waals surface area (Å²) in [6.45, 7) is 2.02. The Morgan fingerprint density at radius 1 is 1.17 bits per heavy atom. The molecule has 8 heteroatoms. The van der Waals surface area contributed by atoms with Crippen LogP contribution in [0.5, 0.6) is 0 Å². The predicted molar refractivity (Wildman–Crippen MR) is 136 cm³/mol. The second-order valence-corrected chi connectivity index (χ2v) is 10.4. The Bertz CT molecular complexity index is 1330. The first kappa shape index (κ1) is 24.3. The molecule has 1 atom stereocenters. The summed E-state index contributed by atoms with van der Waals surface area (Å²) in [6, 6.07) is 8.10. The van der Waals surface area contributed by atoms with Crippen molar-refractivity contribution < 1.29 is 18.7 Å². The van der Waals surface area contributed by atoms with Crippen LogP contribution in [0.15, 0.2) is 46.9 Å². The third-order valence-electron chi connectivity index (χ3n) is 7.20. The van der Waals surface area contributed by atoms with Gasteiger partial charge >= 0.3 is 5.97 Å². The van der Waals surface area contributed by atoms with Crippen molar-refractivity contribution in [1.82, 2.24) is 0 Å². The van der Waals surface area contributed by atoms with Gasteiger partial charge in [-0.05, 0) is 68.7 Å². The van der Waals surface area contributed by atoms with Crippen molar-refractivity contribution in [3.8, 4) is 6.07 Å². The molecule has 36 heavy (non-hydrogen) atoms. The molecule has 0 bridgehead atoms. The number of carbonyl (C=O) groups excluding carboxylic acids is 2. The van der Waals surface area contributed by atoms with Crippen molar-refractivity contribution >= 4 is 28.1 Å². The topological polar surface area (TPSA) is 96.4 Å². The van der Waals surface area contributed by atoms with E-state index in [-0.39, 0.29) is 23.8 Å². The molecule has 1 aromatic heterocycles. The van der Waals surface area contributed by atoms with Crippen LogP contribution in [0.3, 0.4) is 0 Å². The molecule has 0 radical (unpaired) electrons. The molecular weight excluding hydrogens is 477 g/mol. The van der Waals surface area contributed by atoms with Crippen LogP contribution >= 0.6 is 11.3 Å². The Balaban J connectivity index is 1.75. The van der Waals surface area contributed by atoms with Gasteiger partial charge in [0, 0.05) is 22.6 Å². The first-order chi connectivity index (χ1) is 17.5. The lowest BCUT2D eigenvalue weighted by atomic mass is 9.75. The second kappa shape index (κ2) is 9.90. The number of anilines is 1. The maximum atomic E-state index is 13.7. The molecule has 2 heterocycles. The van der Waals surface area contributed by atoms with E-state index >= 15 is 0 Å². The van der Waals surface area contributed by atoms with Crippen LogP contribution in [0.2, 0.25) is 0 Å². The van der Waals surface area contributed by atoms with Crippen molar-refractivity contribution in [3.63, 3.8) is 0 Å². The molecule has 2 aliphatic carbocycles. The van der Waals surface area contributed by atoms with Crippen molar-refractivity contribution in [2.45, 2.75) is 64.2 Å². The number of esters is 1. The van der Waals surface area contributed by atoms with Gasteiger partial charge in [0.05, 0.1) is 29.7 Å². The van der Waals surface area contributed by atoms with E-state index in [9.17, 15) is 19.2 Å². The summed E-state index contributed by atoms with van der Waals surface area (Å²) < 4.78 is 19.2. The van der Waals surface area contributed by atoms with E-state index < -0.39 is 17.7 Å². The molecule has 3 aliphatic rings. The molecular formula is C28H28FN3O3S. The van der Waals surface area contributed by atoms with Crippen LogP contribution in [0.4, 0.5) is 9.39 Å². The fourth-order valence-electron chi connectivity index (χ4n) is 5.61. The van der Waals surface area contributed by atoms with Crippen LogP contribution in [0, 0.1) is 17.1 Å². The highest BCUT2D eigenvalue weighted by atomic mass is 32.1. The van der Waals surface area contributed by atoms with Gasteiger partial charge in [-0.2, -0.15) is 5.26 Å². The van der Waals surface area contributed by atoms with E-state index in [1.54, 1.807) is 24.0 Å². The number of benzene rings is 1. The lowest BCUT2D eigenvalue weighted by Gasteiger charge is -2.39. The van der Waals surface area contributed by atoms with E-state index in [0.29, 0.717) is 41.0 Å². The minimum Gasteiger partial charge on any atom is -0.462 e. The van der Waals surface area contributed by atoms with Gasteiger partial charge in [-0.3, -0.25) is 9.69 Å². The monoisotopic (exact) mass is 505 g/mol. The van der Waals surface area contributed by atoms with E-state index in [2.05, 4.69) is 6.07 Å². The number of hydrogen-bond acceptors (Lipinski definition) is 7. The van der Waals surface area contributed by atoms with Crippen LogP contribution in [0.1, 0.15) is 77.7 Å². The number of ketones is 1. The van der Waals surface area contributed by atoms with Crippen molar-refractivity contribution in [1.29, 1.82) is 5.26 Å². The number of carbonyl (C=O) groups is 2. The van der Waals surface area contributed by atoms with Gasteiger partial charge in [0.15, 0.2) is 5.78 Å². The van der Waals surface area contributed by atoms with Crippen LogP contribution in [0.25, 0.3) is 0 Å². The number of nitrogens with two attached hydrogens (primary N) is 1. The number of nitriles is 1. The summed E-state index contributed by atoms with van der Waals surface area (Å²) in [5.74, 6) is -1.30. The first-order valence-electron chi connectivity index (χ1n) is 12.5. The number of nitrogens with zero attached hydrogens (tertiary/aromatic N) is 2. The first-order valence-corrected chi connectivity index (χ1v) is 13.3. The Labute approximate surface area is 213 Å². The van der Waals surface area contributed by atoms with E-state index in [0.717, 1.165) is 48.2 Å². The zero-order valence-corrected chi connectivity index (χ0v) is 21.0. The number of aryl methyl sites for hydroxylation is 1. The number of thiophene rings is 1. The zero-order valence-electron chi connectivity index (χ0n) is 20.2. The molecule has 1 aliphatic heterocycles. The average molecular weight is 506 g/mol. The minimum atomic E-state index is -0.668. The molecule has 0 saturated carbocycles. The smallest absolute Gasteiger partial charge is 0.341 e. The highest BCUT2D eigenvalue weighted by molar-refractivity contribution is 7.16. The van der Waals surface area contributed by atoms with Gasteiger partial charge < -0.3 is 10.5 Å². The highest BCUT2D eigenvalue weighted by Crippen LogP contribution is 2.50. The molecule has 186 valence electrons. The fourth-order valence-corrected chi connectivity index (χ4v) is 7.02.